The lowest BCUT2D eigenvalue weighted by Crippen LogP contribution is -2.39. The van der Waals surface area contributed by atoms with Crippen molar-refractivity contribution in [3.8, 4) is 0 Å². The Bertz CT molecular complexity index is 257. The molecule has 1 saturated carbocycles. The summed E-state index contributed by atoms with van der Waals surface area (Å²) >= 11 is 0. The lowest BCUT2D eigenvalue weighted by atomic mass is 10.00. The van der Waals surface area contributed by atoms with Crippen molar-refractivity contribution in [2.75, 3.05) is 13.6 Å². The first kappa shape index (κ1) is 12.9. The summed E-state index contributed by atoms with van der Waals surface area (Å²) in [5.41, 5.74) is 0. The van der Waals surface area contributed by atoms with E-state index in [1.165, 1.54) is 32.1 Å². The molecule has 1 N–H and O–H groups in total. The standard InChI is InChI=1S/C14H26N2O/c1-11(12-6-7-12)16(2)14(17)9-8-13-5-3-4-10-15-13/h11-13,15H,3-10H2,1-2H3. The Morgan fingerprint density at radius 2 is 2.12 bits per heavy atom. The van der Waals surface area contributed by atoms with Gasteiger partial charge in [-0.2, -0.15) is 0 Å². The molecule has 3 heteroatoms. The molecule has 0 radical (unpaired) electrons. The Morgan fingerprint density at radius 1 is 1.35 bits per heavy atom. The second-order valence-corrected chi connectivity index (χ2v) is 5.77. The molecule has 2 aliphatic rings. The van der Waals surface area contributed by atoms with Crippen molar-refractivity contribution < 1.29 is 4.79 Å². The monoisotopic (exact) mass is 238 g/mol. The summed E-state index contributed by atoms with van der Waals surface area (Å²) in [6.07, 6.45) is 8.20. The van der Waals surface area contributed by atoms with Crippen molar-refractivity contribution in [1.82, 2.24) is 10.2 Å². The van der Waals surface area contributed by atoms with E-state index >= 15 is 0 Å². The average Bonchev–Trinajstić information content (AvgIpc) is 3.19. The molecule has 2 rings (SSSR count). The number of carbonyl (C=O) groups is 1. The van der Waals surface area contributed by atoms with E-state index in [9.17, 15) is 4.79 Å². The van der Waals surface area contributed by atoms with E-state index in [0.29, 0.717) is 24.4 Å². The van der Waals surface area contributed by atoms with Crippen LogP contribution in [0, 0.1) is 5.92 Å². The molecule has 0 bridgehead atoms. The SMILES string of the molecule is CC(C1CC1)N(C)C(=O)CCC1CCCCN1. The molecule has 1 amide bonds. The van der Waals surface area contributed by atoms with Gasteiger partial charge in [0.2, 0.25) is 5.91 Å². The summed E-state index contributed by atoms with van der Waals surface area (Å²) < 4.78 is 0. The maximum Gasteiger partial charge on any atom is 0.222 e. The van der Waals surface area contributed by atoms with Gasteiger partial charge in [0, 0.05) is 25.6 Å². The van der Waals surface area contributed by atoms with E-state index in [4.69, 9.17) is 0 Å². The minimum absolute atomic E-state index is 0.330. The normalized spacial score (nSPS) is 26.6. The molecule has 0 aromatic carbocycles. The van der Waals surface area contributed by atoms with E-state index in [2.05, 4.69) is 12.2 Å². The van der Waals surface area contributed by atoms with Gasteiger partial charge >= 0.3 is 0 Å². The van der Waals surface area contributed by atoms with Crippen molar-refractivity contribution in [3.05, 3.63) is 0 Å². The van der Waals surface area contributed by atoms with E-state index in [1.54, 1.807) is 0 Å². The molecular weight excluding hydrogens is 212 g/mol. The van der Waals surface area contributed by atoms with Gasteiger partial charge < -0.3 is 10.2 Å². The van der Waals surface area contributed by atoms with Crippen molar-refractivity contribution in [1.29, 1.82) is 0 Å². The molecule has 2 fully saturated rings. The van der Waals surface area contributed by atoms with Crippen LogP contribution >= 0.6 is 0 Å². The van der Waals surface area contributed by atoms with Crippen LogP contribution in [-0.2, 0) is 4.79 Å². The summed E-state index contributed by atoms with van der Waals surface area (Å²) in [4.78, 5) is 14.0. The third-order valence-electron chi connectivity index (χ3n) is 4.43. The van der Waals surface area contributed by atoms with Crippen molar-refractivity contribution in [2.24, 2.45) is 5.92 Å². The second kappa shape index (κ2) is 5.85. The van der Waals surface area contributed by atoms with Crippen LogP contribution in [0.25, 0.3) is 0 Å². The molecule has 17 heavy (non-hydrogen) atoms. The first-order valence-electron chi connectivity index (χ1n) is 7.17. The van der Waals surface area contributed by atoms with E-state index in [-0.39, 0.29) is 0 Å². The van der Waals surface area contributed by atoms with Crippen LogP contribution in [0.15, 0.2) is 0 Å². The van der Waals surface area contributed by atoms with Crippen molar-refractivity contribution >= 4 is 5.91 Å². The fourth-order valence-corrected chi connectivity index (χ4v) is 2.77. The number of amides is 1. The average molecular weight is 238 g/mol. The van der Waals surface area contributed by atoms with E-state index < -0.39 is 0 Å². The Balaban J connectivity index is 1.68. The number of carbonyl (C=O) groups excluding carboxylic acids is 1. The van der Waals surface area contributed by atoms with Gasteiger partial charge in [0.25, 0.3) is 0 Å². The highest BCUT2D eigenvalue weighted by atomic mass is 16.2. The smallest absolute Gasteiger partial charge is 0.222 e. The number of rotatable bonds is 5. The van der Waals surface area contributed by atoms with Crippen LogP contribution in [0.3, 0.4) is 0 Å². The molecule has 2 atom stereocenters. The minimum Gasteiger partial charge on any atom is -0.343 e. The second-order valence-electron chi connectivity index (χ2n) is 5.77. The van der Waals surface area contributed by atoms with Crippen LogP contribution < -0.4 is 5.32 Å². The van der Waals surface area contributed by atoms with Crippen LogP contribution in [0.2, 0.25) is 0 Å². The zero-order chi connectivity index (χ0) is 12.3. The fraction of sp³-hybridized carbons (Fsp3) is 0.929. The van der Waals surface area contributed by atoms with Crippen LogP contribution in [0.1, 0.15) is 51.9 Å². The predicted molar refractivity (Wildman–Crippen MR) is 69.8 cm³/mol. The number of nitrogens with one attached hydrogen (secondary N) is 1. The van der Waals surface area contributed by atoms with Gasteiger partial charge in [-0.15, -0.1) is 0 Å². The Labute approximate surface area is 105 Å². The topological polar surface area (TPSA) is 32.3 Å². The zero-order valence-electron chi connectivity index (χ0n) is 11.2. The number of piperidine rings is 1. The van der Waals surface area contributed by atoms with Gasteiger partial charge in [0.1, 0.15) is 0 Å². The molecule has 1 saturated heterocycles. The summed E-state index contributed by atoms with van der Waals surface area (Å²) in [6.45, 7) is 3.32. The number of nitrogens with zero attached hydrogens (tertiary/aromatic N) is 1. The Morgan fingerprint density at radius 3 is 2.71 bits per heavy atom. The summed E-state index contributed by atoms with van der Waals surface area (Å²) in [7, 11) is 1.97. The molecule has 2 unspecified atom stereocenters. The Kier molecular flexibility index (Phi) is 4.43. The molecular formula is C14H26N2O. The van der Waals surface area contributed by atoms with Crippen molar-refractivity contribution in [2.45, 2.75) is 64.0 Å². The molecule has 0 spiro atoms. The lowest BCUT2D eigenvalue weighted by Gasteiger charge is -2.27. The van der Waals surface area contributed by atoms with Gasteiger partial charge in [-0.3, -0.25) is 4.79 Å². The van der Waals surface area contributed by atoms with Crippen LogP contribution in [0.4, 0.5) is 0 Å². The summed E-state index contributed by atoms with van der Waals surface area (Å²) in [5, 5.41) is 3.51. The first-order chi connectivity index (χ1) is 8.18. The molecule has 0 aromatic heterocycles. The molecule has 1 aliphatic heterocycles. The van der Waals surface area contributed by atoms with Crippen LogP contribution in [0.5, 0.6) is 0 Å². The lowest BCUT2D eigenvalue weighted by molar-refractivity contribution is -0.132. The highest BCUT2D eigenvalue weighted by molar-refractivity contribution is 5.76. The van der Waals surface area contributed by atoms with Gasteiger partial charge in [-0.25, -0.2) is 0 Å². The number of hydrogen-bond acceptors (Lipinski definition) is 2. The first-order valence-corrected chi connectivity index (χ1v) is 7.17. The molecule has 98 valence electrons. The maximum atomic E-state index is 12.1. The quantitative estimate of drug-likeness (QED) is 0.796. The van der Waals surface area contributed by atoms with E-state index in [1.807, 2.05) is 11.9 Å². The van der Waals surface area contributed by atoms with Crippen molar-refractivity contribution in [3.63, 3.8) is 0 Å². The highest BCUT2D eigenvalue weighted by Gasteiger charge is 2.32. The van der Waals surface area contributed by atoms with Gasteiger partial charge in [-0.1, -0.05) is 6.42 Å². The van der Waals surface area contributed by atoms with Crippen LogP contribution in [-0.4, -0.2) is 36.5 Å². The number of hydrogen-bond donors (Lipinski definition) is 1. The molecule has 0 aromatic rings. The maximum absolute atomic E-state index is 12.1. The van der Waals surface area contributed by atoms with Gasteiger partial charge in [0.15, 0.2) is 0 Å². The molecule has 3 nitrogen and oxygen atoms in total. The third kappa shape index (κ3) is 3.70. The largest absolute Gasteiger partial charge is 0.343 e. The zero-order valence-corrected chi connectivity index (χ0v) is 11.2. The predicted octanol–water partition coefficient (Wildman–Crippen LogP) is 2.17. The highest BCUT2D eigenvalue weighted by Crippen LogP contribution is 2.34. The van der Waals surface area contributed by atoms with E-state index in [0.717, 1.165) is 18.9 Å². The molecule has 1 heterocycles. The van der Waals surface area contributed by atoms with Gasteiger partial charge in [0.05, 0.1) is 0 Å². The summed E-state index contributed by atoms with van der Waals surface area (Å²) in [5.74, 6) is 1.11. The fourth-order valence-electron chi connectivity index (χ4n) is 2.77. The Hall–Kier alpha value is -0.570. The molecule has 1 aliphatic carbocycles. The van der Waals surface area contributed by atoms with Gasteiger partial charge in [-0.05, 0) is 51.5 Å². The minimum atomic E-state index is 0.330. The third-order valence-corrected chi connectivity index (χ3v) is 4.43. The summed E-state index contributed by atoms with van der Waals surface area (Å²) in [6, 6.07) is 1.03.